The number of likely N-dealkylation sites (N-methyl/N-ethyl adjacent to an activating group) is 1. The van der Waals surface area contributed by atoms with Crippen molar-refractivity contribution in [3.8, 4) is 0 Å². The molecule has 0 radical (unpaired) electrons. The lowest BCUT2D eigenvalue weighted by molar-refractivity contribution is -0.122. The second kappa shape index (κ2) is 6.72. The second-order valence-corrected chi connectivity index (χ2v) is 5.96. The number of carbonyl (C=O) groups excluding carboxylic acids is 2. The van der Waals surface area contributed by atoms with Gasteiger partial charge in [0.1, 0.15) is 6.04 Å². The molecule has 1 unspecified atom stereocenters. The molecule has 0 spiro atoms. The highest BCUT2D eigenvalue weighted by Crippen LogP contribution is 2.08. The van der Waals surface area contributed by atoms with Crippen LogP contribution in [0.1, 0.15) is 42.3 Å². The number of hydrogen-bond donors (Lipinski definition) is 2. The average Bonchev–Trinajstić information content (AvgIpc) is 2.89. The summed E-state index contributed by atoms with van der Waals surface area (Å²) in [6.07, 6.45) is 0.537. The maximum atomic E-state index is 12.4. The van der Waals surface area contributed by atoms with E-state index in [0.29, 0.717) is 12.2 Å². The summed E-state index contributed by atoms with van der Waals surface area (Å²) in [6.45, 7) is 7.69. The highest BCUT2D eigenvalue weighted by atomic mass is 16.2. The van der Waals surface area contributed by atoms with Crippen LogP contribution in [0.4, 0.5) is 0 Å². The van der Waals surface area contributed by atoms with Crippen LogP contribution in [0.5, 0.6) is 0 Å². The van der Waals surface area contributed by atoms with Gasteiger partial charge >= 0.3 is 0 Å². The molecule has 0 saturated carbocycles. The molecule has 2 heterocycles. The van der Waals surface area contributed by atoms with Crippen LogP contribution >= 0.6 is 0 Å². The Kier molecular flexibility index (Phi) is 4.92. The summed E-state index contributed by atoms with van der Waals surface area (Å²) < 4.78 is 1.51. The first-order valence-corrected chi connectivity index (χ1v) is 7.55. The van der Waals surface area contributed by atoms with Crippen LogP contribution in [0.2, 0.25) is 0 Å². The lowest BCUT2D eigenvalue weighted by Gasteiger charge is -2.18. The third-order valence-electron chi connectivity index (χ3n) is 3.40. The Bertz CT molecular complexity index is 737. The number of nitrogens with zero attached hydrogens (tertiary/aromatic N) is 4. The molecule has 8 heteroatoms. The fraction of sp³-hybridized carbons (Fsp3) is 0.533. The smallest absolute Gasteiger partial charge is 0.291 e. The molecule has 124 valence electrons. The van der Waals surface area contributed by atoms with Crippen molar-refractivity contribution in [1.82, 2.24) is 30.2 Å². The predicted molar refractivity (Wildman–Crippen MR) is 85.0 cm³/mol. The van der Waals surface area contributed by atoms with Crippen LogP contribution in [0.3, 0.4) is 0 Å². The minimum Gasteiger partial charge on any atom is -0.357 e. The number of carbonyl (C=O) groups is 2. The molecule has 23 heavy (non-hydrogen) atoms. The molecule has 0 saturated heterocycles. The lowest BCUT2D eigenvalue weighted by Crippen LogP contribution is -2.46. The summed E-state index contributed by atoms with van der Waals surface area (Å²) in [7, 11) is 1.54. The number of aryl methyl sites for hydroxylation is 2. The Balaban J connectivity index is 2.25. The fourth-order valence-electron chi connectivity index (χ4n) is 2.36. The SMILES string of the molecule is CNC(=O)C(CC(C)C)NC(=O)c1nc2nc(C)cc(C)n2n1. The van der Waals surface area contributed by atoms with Gasteiger partial charge in [0.25, 0.3) is 11.7 Å². The van der Waals surface area contributed by atoms with Gasteiger partial charge in [0, 0.05) is 18.4 Å². The van der Waals surface area contributed by atoms with E-state index >= 15 is 0 Å². The maximum absolute atomic E-state index is 12.4. The van der Waals surface area contributed by atoms with Gasteiger partial charge < -0.3 is 10.6 Å². The summed E-state index contributed by atoms with van der Waals surface area (Å²) >= 11 is 0. The van der Waals surface area contributed by atoms with E-state index in [-0.39, 0.29) is 17.6 Å². The van der Waals surface area contributed by atoms with Crippen LogP contribution in [0, 0.1) is 19.8 Å². The second-order valence-electron chi connectivity index (χ2n) is 5.96. The zero-order valence-electron chi connectivity index (χ0n) is 14.0. The van der Waals surface area contributed by atoms with Crippen LogP contribution in [-0.4, -0.2) is 44.5 Å². The molecule has 1 atom stereocenters. The Morgan fingerprint density at radius 3 is 2.57 bits per heavy atom. The zero-order chi connectivity index (χ0) is 17.1. The van der Waals surface area contributed by atoms with Crippen LogP contribution in [0.15, 0.2) is 6.07 Å². The molecular formula is C15H22N6O2. The van der Waals surface area contributed by atoms with Gasteiger partial charge in [-0.2, -0.15) is 4.98 Å². The first-order chi connectivity index (χ1) is 10.8. The number of nitrogens with one attached hydrogen (secondary N) is 2. The topological polar surface area (TPSA) is 101 Å². The van der Waals surface area contributed by atoms with Gasteiger partial charge in [-0.25, -0.2) is 9.50 Å². The number of rotatable bonds is 5. The van der Waals surface area contributed by atoms with Gasteiger partial charge in [-0.3, -0.25) is 9.59 Å². The van der Waals surface area contributed by atoms with Crippen molar-refractivity contribution in [2.24, 2.45) is 5.92 Å². The number of amides is 2. The van der Waals surface area contributed by atoms with E-state index in [1.54, 1.807) is 7.05 Å². The van der Waals surface area contributed by atoms with Crippen molar-refractivity contribution in [1.29, 1.82) is 0 Å². The Hall–Kier alpha value is -2.51. The Morgan fingerprint density at radius 1 is 1.26 bits per heavy atom. The van der Waals surface area contributed by atoms with E-state index in [1.807, 2.05) is 33.8 Å². The van der Waals surface area contributed by atoms with Crippen molar-refractivity contribution in [3.05, 3.63) is 23.3 Å². The molecule has 0 fully saturated rings. The van der Waals surface area contributed by atoms with E-state index in [9.17, 15) is 9.59 Å². The first-order valence-electron chi connectivity index (χ1n) is 7.55. The molecule has 0 aliphatic carbocycles. The number of fused-ring (bicyclic) bond motifs is 1. The van der Waals surface area contributed by atoms with Crippen molar-refractivity contribution < 1.29 is 9.59 Å². The van der Waals surface area contributed by atoms with Gasteiger partial charge in [-0.15, -0.1) is 5.10 Å². The van der Waals surface area contributed by atoms with Gasteiger partial charge in [0.15, 0.2) is 0 Å². The number of hydrogen-bond acceptors (Lipinski definition) is 5. The van der Waals surface area contributed by atoms with E-state index < -0.39 is 11.9 Å². The molecule has 2 N–H and O–H groups in total. The first kappa shape index (κ1) is 16.9. The monoisotopic (exact) mass is 318 g/mol. The normalized spacial score (nSPS) is 12.4. The predicted octanol–water partition coefficient (Wildman–Crippen LogP) is 0.632. The molecule has 0 aliphatic rings. The average molecular weight is 318 g/mol. The molecule has 0 aromatic carbocycles. The molecule has 2 rings (SSSR count). The minimum absolute atomic E-state index is 0.00357. The number of aromatic nitrogens is 4. The molecule has 2 amide bonds. The zero-order valence-corrected chi connectivity index (χ0v) is 14.0. The lowest BCUT2D eigenvalue weighted by atomic mass is 10.0. The van der Waals surface area contributed by atoms with E-state index in [1.165, 1.54) is 4.52 Å². The molecule has 2 aromatic heterocycles. The van der Waals surface area contributed by atoms with Crippen LogP contribution < -0.4 is 10.6 Å². The van der Waals surface area contributed by atoms with Crippen molar-refractivity contribution in [3.63, 3.8) is 0 Å². The van der Waals surface area contributed by atoms with Crippen molar-refractivity contribution >= 4 is 17.6 Å². The van der Waals surface area contributed by atoms with Crippen LogP contribution in [0.25, 0.3) is 5.78 Å². The van der Waals surface area contributed by atoms with Crippen molar-refractivity contribution in [2.45, 2.75) is 40.2 Å². The van der Waals surface area contributed by atoms with E-state index in [2.05, 4.69) is 25.7 Å². The van der Waals surface area contributed by atoms with E-state index in [4.69, 9.17) is 0 Å². The Morgan fingerprint density at radius 2 is 1.96 bits per heavy atom. The quantitative estimate of drug-likeness (QED) is 0.842. The molecule has 0 bridgehead atoms. The highest BCUT2D eigenvalue weighted by molar-refractivity contribution is 5.95. The van der Waals surface area contributed by atoms with Gasteiger partial charge in [0.05, 0.1) is 0 Å². The van der Waals surface area contributed by atoms with Gasteiger partial charge in [-0.1, -0.05) is 13.8 Å². The summed E-state index contributed by atoms with van der Waals surface area (Å²) in [4.78, 5) is 32.7. The highest BCUT2D eigenvalue weighted by Gasteiger charge is 2.24. The molecule has 0 aliphatic heterocycles. The van der Waals surface area contributed by atoms with Crippen molar-refractivity contribution in [2.75, 3.05) is 7.05 Å². The third kappa shape index (κ3) is 3.82. The molecule has 2 aromatic rings. The minimum atomic E-state index is -0.616. The standard InChI is InChI=1S/C15H22N6O2/c1-8(2)6-11(13(22)16-5)18-14(23)12-19-15-17-9(3)7-10(4)21(15)20-12/h7-8,11H,6H2,1-5H3,(H,16,22)(H,18,23). The van der Waals surface area contributed by atoms with Gasteiger partial charge in [-0.05, 0) is 32.3 Å². The summed E-state index contributed by atoms with van der Waals surface area (Å²) in [5.74, 6) is -0.0854. The fourth-order valence-corrected chi connectivity index (χ4v) is 2.36. The van der Waals surface area contributed by atoms with Crippen LogP contribution in [-0.2, 0) is 4.79 Å². The largest absolute Gasteiger partial charge is 0.357 e. The Labute approximate surface area is 134 Å². The summed E-state index contributed by atoms with van der Waals surface area (Å²) in [6, 6.07) is 1.24. The molecular weight excluding hydrogens is 296 g/mol. The van der Waals surface area contributed by atoms with Gasteiger partial charge in [0.2, 0.25) is 11.7 Å². The van der Waals surface area contributed by atoms with E-state index in [0.717, 1.165) is 11.4 Å². The third-order valence-corrected chi connectivity index (χ3v) is 3.40. The molecule has 8 nitrogen and oxygen atoms in total. The summed E-state index contributed by atoms with van der Waals surface area (Å²) in [5, 5.41) is 9.42. The summed E-state index contributed by atoms with van der Waals surface area (Å²) in [5.41, 5.74) is 1.64. The maximum Gasteiger partial charge on any atom is 0.291 e.